The Kier molecular flexibility index (Phi) is 2.63. The van der Waals surface area contributed by atoms with Crippen LogP contribution in [0.3, 0.4) is 0 Å². The highest BCUT2D eigenvalue weighted by Crippen LogP contribution is 2.41. The zero-order chi connectivity index (χ0) is 12.2. The van der Waals surface area contributed by atoms with Gasteiger partial charge in [0, 0.05) is 12.8 Å². The predicted molar refractivity (Wildman–Crippen MR) is 61.9 cm³/mol. The molecule has 0 aromatic heterocycles. The van der Waals surface area contributed by atoms with E-state index in [1.807, 2.05) is 27.7 Å². The molecule has 1 spiro atoms. The average Bonchev–Trinajstić information content (AvgIpc) is 2.34. The molecule has 0 aromatic rings. The van der Waals surface area contributed by atoms with E-state index in [4.69, 9.17) is 0 Å². The molecule has 16 heavy (non-hydrogen) atoms. The topological polar surface area (TPSA) is 51.0 Å². The molecular weight excluding hydrogens is 204 g/mol. The Morgan fingerprint density at radius 2 is 1.56 bits per heavy atom. The van der Waals surface area contributed by atoms with Gasteiger partial charge in [0.05, 0.1) is 0 Å². The van der Waals surface area contributed by atoms with Crippen LogP contribution < -0.4 is 5.06 Å². The molecule has 1 saturated heterocycles. The zero-order valence-corrected chi connectivity index (χ0v) is 10.8. The van der Waals surface area contributed by atoms with Crippen molar-refractivity contribution >= 4 is 0 Å². The van der Waals surface area contributed by atoms with Gasteiger partial charge < -0.3 is 15.5 Å². The Morgan fingerprint density at radius 3 is 1.94 bits per heavy atom. The van der Waals surface area contributed by atoms with E-state index in [0.29, 0.717) is 0 Å². The van der Waals surface area contributed by atoms with Crippen LogP contribution in [-0.4, -0.2) is 27.0 Å². The standard InChI is InChI=1S/C12H24N2O2/c1-10(2)11(3,4)14(16)12(13(10)15)8-6-5-7-9-12/h13,16H,5-9H2,1-4H3. The third-order valence-electron chi connectivity index (χ3n) is 5.14. The summed E-state index contributed by atoms with van der Waals surface area (Å²) in [6.45, 7) is 7.85. The molecule has 1 saturated carbocycles. The molecule has 0 bridgehead atoms. The highest BCUT2D eigenvalue weighted by molar-refractivity contribution is 5.04. The van der Waals surface area contributed by atoms with E-state index in [1.165, 1.54) is 11.5 Å². The first-order valence-electron chi connectivity index (χ1n) is 6.31. The van der Waals surface area contributed by atoms with Gasteiger partial charge in [-0.15, -0.1) is 5.06 Å². The second kappa shape index (κ2) is 3.42. The average molecular weight is 228 g/mol. The molecule has 2 N–H and O–H groups in total. The van der Waals surface area contributed by atoms with Crippen molar-refractivity contribution in [3.05, 3.63) is 5.21 Å². The molecule has 2 aliphatic rings. The maximum atomic E-state index is 12.6. The van der Waals surface area contributed by atoms with Gasteiger partial charge >= 0.3 is 0 Å². The van der Waals surface area contributed by atoms with Gasteiger partial charge in [-0.25, -0.2) is 0 Å². The normalized spacial score (nSPS) is 36.8. The molecule has 1 unspecified atom stereocenters. The van der Waals surface area contributed by atoms with Crippen molar-refractivity contribution in [1.29, 1.82) is 0 Å². The third kappa shape index (κ3) is 1.24. The number of nitrogens with zero attached hydrogens (tertiary/aromatic N) is 1. The van der Waals surface area contributed by atoms with Crippen LogP contribution in [0.15, 0.2) is 0 Å². The Morgan fingerprint density at radius 1 is 1.06 bits per heavy atom. The molecular formula is C12H24N2O2. The first-order valence-corrected chi connectivity index (χ1v) is 6.31. The lowest BCUT2D eigenvalue weighted by molar-refractivity contribution is -0.949. The number of nitrogens with one attached hydrogen (secondary N) is 1. The SMILES string of the molecule is CC1(C)N(O)C2(CCCCC2)[NH+]([O-])C1(C)C. The molecule has 0 amide bonds. The minimum absolute atomic E-state index is 0.229. The number of quaternary nitrogens is 1. The number of hydroxylamine groups is 4. The van der Waals surface area contributed by atoms with Crippen LogP contribution in [0.5, 0.6) is 0 Å². The minimum atomic E-state index is -0.592. The van der Waals surface area contributed by atoms with E-state index in [9.17, 15) is 10.4 Å². The van der Waals surface area contributed by atoms with E-state index < -0.39 is 16.7 Å². The van der Waals surface area contributed by atoms with Crippen molar-refractivity contribution in [2.75, 3.05) is 0 Å². The molecule has 0 aromatic carbocycles. The van der Waals surface area contributed by atoms with Crippen molar-refractivity contribution in [1.82, 2.24) is 5.06 Å². The monoisotopic (exact) mass is 228 g/mol. The van der Waals surface area contributed by atoms with Crippen LogP contribution in [0.4, 0.5) is 0 Å². The maximum Gasteiger partial charge on any atom is 0.176 e. The molecule has 1 aliphatic heterocycles. The van der Waals surface area contributed by atoms with Gasteiger partial charge in [-0.2, -0.15) is 0 Å². The molecule has 1 atom stereocenters. The number of hydrogen-bond donors (Lipinski definition) is 2. The third-order valence-corrected chi connectivity index (χ3v) is 5.14. The van der Waals surface area contributed by atoms with Gasteiger partial charge in [0.1, 0.15) is 11.1 Å². The molecule has 1 aliphatic carbocycles. The summed E-state index contributed by atoms with van der Waals surface area (Å²) in [5, 5.41) is 24.7. The van der Waals surface area contributed by atoms with Gasteiger partial charge in [-0.05, 0) is 40.5 Å². The number of hydrogen-bond acceptors (Lipinski definition) is 3. The van der Waals surface area contributed by atoms with E-state index in [-0.39, 0.29) is 5.06 Å². The van der Waals surface area contributed by atoms with Gasteiger partial charge in [0.15, 0.2) is 5.66 Å². The molecule has 0 radical (unpaired) electrons. The van der Waals surface area contributed by atoms with Gasteiger partial charge in [-0.3, -0.25) is 0 Å². The van der Waals surface area contributed by atoms with Crippen molar-refractivity contribution in [2.24, 2.45) is 0 Å². The Balaban J connectivity index is 2.41. The van der Waals surface area contributed by atoms with Crippen molar-refractivity contribution < 1.29 is 10.3 Å². The Bertz CT molecular complexity index is 261. The molecule has 4 nitrogen and oxygen atoms in total. The van der Waals surface area contributed by atoms with Crippen molar-refractivity contribution in [3.63, 3.8) is 0 Å². The Labute approximate surface area is 97.8 Å². The van der Waals surface area contributed by atoms with E-state index in [1.54, 1.807) is 0 Å². The summed E-state index contributed by atoms with van der Waals surface area (Å²) in [4.78, 5) is 0. The molecule has 1 heterocycles. The summed E-state index contributed by atoms with van der Waals surface area (Å²) >= 11 is 0. The van der Waals surface area contributed by atoms with E-state index >= 15 is 0 Å². The summed E-state index contributed by atoms with van der Waals surface area (Å²) in [6.07, 6.45) is 4.91. The van der Waals surface area contributed by atoms with E-state index in [0.717, 1.165) is 25.7 Å². The fraction of sp³-hybridized carbons (Fsp3) is 1.00. The number of rotatable bonds is 0. The first kappa shape index (κ1) is 12.3. The van der Waals surface area contributed by atoms with Crippen molar-refractivity contribution in [3.8, 4) is 0 Å². The van der Waals surface area contributed by atoms with Crippen LogP contribution in [0.25, 0.3) is 0 Å². The van der Waals surface area contributed by atoms with Crippen LogP contribution >= 0.6 is 0 Å². The maximum absolute atomic E-state index is 12.6. The molecule has 2 fully saturated rings. The van der Waals surface area contributed by atoms with Gasteiger partial charge in [0.2, 0.25) is 0 Å². The minimum Gasteiger partial charge on any atom is -0.632 e. The lowest BCUT2D eigenvalue weighted by Crippen LogP contribution is -3.21. The second-order valence-electron chi connectivity index (χ2n) is 6.42. The molecule has 4 heteroatoms. The fourth-order valence-corrected chi connectivity index (χ4v) is 3.33. The summed E-state index contributed by atoms with van der Waals surface area (Å²) < 4.78 is 0. The molecule has 2 rings (SSSR count). The first-order chi connectivity index (χ1) is 7.27. The largest absolute Gasteiger partial charge is 0.632 e. The van der Waals surface area contributed by atoms with Crippen LogP contribution in [-0.2, 0) is 0 Å². The summed E-state index contributed by atoms with van der Waals surface area (Å²) in [5.74, 6) is 0. The summed E-state index contributed by atoms with van der Waals surface area (Å²) in [7, 11) is 0. The summed E-state index contributed by atoms with van der Waals surface area (Å²) in [5.41, 5.74) is -1.54. The van der Waals surface area contributed by atoms with Crippen LogP contribution in [0.2, 0.25) is 0 Å². The van der Waals surface area contributed by atoms with Crippen molar-refractivity contribution in [2.45, 2.75) is 76.5 Å². The van der Waals surface area contributed by atoms with Crippen LogP contribution in [0, 0.1) is 5.21 Å². The summed E-state index contributed by atoms with van der Waals surface area (Å²) in [6, 6.07) is 0. The highest BCUT2D eigenvalue weighted by Gasteiger charge is 2.66. The smallest absolute Gasteiger partial charge is 0.176 e. The molecule has 94 valence electrons. The van der Waals surface area contributed by atoms with Gasteiger partial charge in [-0.1, -0.05) is 6.42 Å². The fourth-order valence-electron chi connectivity index (χ4n) is 3.33. The van der Waals surface area contributed by atoms with Crippen LogP contribution in [0.1, 0.15) is 59.8 Å². The lowest BCUT2D eigenvalue weighted by Gasteiger charge is -2.46. The second-order valence-corrected chi connectivity index (χ2v) is 6.42. The van der Waals surface area contributed by atoms with E-state index in [2.05, 4.69) is 0 Å². The Hall–Kier alpha value is -0.160. The predicted octanol–water partition coefficient (Wildman–Crippen LogP) is 1.29. The lowest BCUT2D eigenvalue weighted by atomic mass is 9.84. The zero-order valence-electron chi connectivity index (χ0n) is 10.8. The quantitative estimate of drug-likeness (QED) is 0.614. The van der Waals surface area contributed by atoms with Gasteiger partial charge in [0.25, 0.3) is 0 Å². The highest BCUT2D eigenvalue weighted by atomic mass is 16.6.